The van der Waals surface area contributed by atoms with Crippen LogP contribution in [0.5, 0.6) is 5.75 Å². The number of carbonyl (C=O) groups excluding carboxylic acids is 1. The highest BCUT2D eigenvalue weighted by Gasteiger charge is 2.04. The number of ether oxygens (including phenoxy) is 1. The SMILES string of the molecule is COc1ccc(CCCC(=O)CC(C)C)cc1. The molecule has 0 heterocycles. The van der Waals surface area contributed by atoms with Crippen LogP contribution in [0.3, 0.4) is 0 Å². The van der Waals surface area contributed by atoms with Crippen LogP contribution < -0.4 is 4.74 Å². The zero-order chi connectivity index (χ0) is 12.7. The molecule has 0 aliphatic heterocycles. The van der Waals surface area contributed by atoms with Gasteiger partial charge in [-0.1, -0.05) is 26.0 Å². The van der Waals surface area contributed by atoms with Gasteiger partial charge in [0.1, 0.15) is 11.5 Å². The average molecular weight is 234 g/mol. The van der Waals surface area contributed by atoms with Crippen molar-refractivity contribution < 1.29 is 9.53 Å². The van der Waals surface area contributed by atoms with Gasteiger partial charge >= 0.3 is 0 Å². The number of rotatable bonds is 7. The fourth-order valence-corrected chi connectivity index (χ4v) is 1.84. The van der Waals surface area contributed by atoms with Crippen molar-refractivity contribution in [1.82, 2.24) is 0 Å². The van der Waals surface area contributed by atoms with E-state index in [9.17, 15) is 4.79 Å². The van der Waals surface area contributed by atoms with Gasteiger partial charge in [-0.05, 0) is 36.5 Å². The minimum Gasteiger partial charge on any atom is -0.497 e. The van der Waals surface area contributed by atoms with E-state index < -0.39 is 0 Å². The summed E-state index contributed by atoms with van der Waals surface area (Å²) in [7, 11) is 1.67. The maximum absolute atomic E-state index is 11.5. The standard InChI is InChI=1S/C15H22O2/c1-12(2)11-14(16)6-4-5-13-7-9-15(17-3)10-8-13/h7-10,12H,4-6,11H2,1-3H3. The maximum atomic E-state index is 11.5. The van der Waals surface area contributed by atoms with Crippen molar-refractivity contribution in [3.05, 3.63) is 29.8 Å². The molecule has 0 amide bonds. The summed E-state index contributed by atoms with van der Waals surface area (Å²) in [5, 5.41) is 0. The summed E-state index contributed by atoms with van der Waals surface area (Å²) in [5.41, 5.74) is 1.27. The molecule has 94 valence electrons. The first-order valence-electron chi connectivity index (χ1n) is 6.26. The minimum absolute atomic E-state index is 0.383. The van der Waals surface area contributed by atoms with E-state index in [1.165, 1.54) is 5.56 Å². The van der Waals surface area contributed by atoms with Crippen LogP contribution in [0.25, 0.3) is 0 Å². The first kappa shape index (κ1) is 13.8. The van der Waals surface area contributed by atoms with E-state index in [0.717, 1.165) is 18.6 Å². The third-order valence-corrected chi connectivity index (χ3v) is 2.72. The summed E-state index contributed by atoms with van der Waals surface area (Å²) in [6.45, 7) is 4.17. The molecule has 0 aliphatic carbocycles. The van der Waals surface area contributed by atoms with Crippen LogP contribution in [0.15, 0.2) is 24.3 Å². The summed E-state index contributed by atoms with van der Waals surface area (Å²) in [6.07, 6.45) is 3.32. The fraction of sp³-hybridized carbons (Fsp3) is 0.533. The molecule has 0 aliphatic rings. The van der Waals surface area contributed by atoms with Gasteiger partial charge in [-0.2, -0.15) is 0 Å². The molecular weight excluding hydrogens is 212 g/mol. The van der Waals surface area contributed by atoms with E-state index in [1.807, 2.05) is 12.1 Å². The van der Waals surface area contributed by atoms with Gasteiger partial charge in [0.25, 0.3) is 0 Å². The van der Waals surface area contributed by atoms with Crippen molar-refractivity contribution in [2.75, 3.05) is 7.11 Å². The van der Waals surface area contributed by atoms with E-state index in [0.29, 0.717) is 24.5 Å². The Balaban J connectivity index is 2.28. The predicted molar refractivity (Wildman–Crippen MR) is 70.4 cm³/mol. The Morgan fingerprint density at radius 2 is 1.88 bits per heavy atom. The number of hydrogen-bond donors (Lipinski definition) is 0. The smallest absolute Gasteiger partial charge is 0.133 e. The molecule has 17 heavy (non-hydrogen) atoms. The van der Waals surface area contributed by atoms with Gasteiger partial charge < -0.3 is 4.74 Å². The number of benzene rings is 1. The van der Waals surface area contributed by atoms with Gasteiger partial charge in [0, 0.05) is 12.8 Å². The Hall–Kier alpha value is -1.31. The molecule has 0 unspecified atom stereocenters. The largest absolute Gasteiger partial charge is 0.497 e. The van der Waals surface area contributed by atoms with Crippen LogP contribution >= 0.6 is 0 Å². The molecular formula is C15H22O2. The zero-order valence-corrected chi connectivity index (χ0v) is 11.0. The molecule has 0 saturated carbocycles. The predicted octanol–water partition coefficient (Wildman–Crippen LogP) is 3.63. The highest BCUT2D eigenvalue weighted by Crippen LogP contribution is 2.14. The van der Waals surface area contributed by atoms with Gasteiger partial charge in [0.15, 0.2) is 0 Å². The highest BCUT2D eigenvalue weighted by molar-refractivity contribution is 5.78. The van der Waals surface area contributed by atoms with Crippen LogP contribution in [-0.4, -0.2) is 12.9 Å². The van der Waals surface area contributed by atoms with Crippen molar-refractivity contribution >= 4 is 5.78 Å². The van der Waals surface area contributed by atoms with Crippen LogP contribution in [0.4, 0.5) is 0 Å². The molecule has 1 aromatic carbocycles. The first-order valence-corrected chi connectivity index (χ1v) is 6.26. The molecule has 0 radical (unpaired) electrons. The molecule has 1 aromatic rings. The Morgan fingerprint density at radius 1 is 1.24 bits per heavy atom. The zero-order valence-electron chi connectivity index (χ0n) is 11.0. The Bertz CT molecular complexity index is 338. The topological polar surface area (TPSA) is 26.3 Å². The Kier molecular flexibility index (Phi) is 5.75. The summed E-state index contributed by atoms with van der Waals surface area (Å²) < 4.78 is 5.10. The Labute approximate surface area is 104 Å². The van der Waals surface area contributed by atoms with Crippen molar-refractivity contribution in [3.8, 4) is 5.75 Å². The lowest BCUT2D eigenvalue weighted by atomic mass is 10.0. The van der Waals surface area contributed by atoms with Gasteiger partial charge in [0.2, 0.25) is 0 Å². The number of Topliss-reactive ketones (excluding diaryl/α,β-unsaturated/α-hetero) is 1. The average Bonchev–Trinajstić information content (AvgIpc) is 2.29. The maximum Gasteiger partial charge on any atom is 0.133 e. The van der Waals surface area contributed by atoms with E-state index in [4.69, 9.17) is 4.74 Å². The number of aryl methyl sites for hydroxylation is 1. The van der Waals surface area contributed by atoms with Crippen molar-refractivity contribution in [3.63, 3.8) is 0 Å². The second kappa shape index (κ2) is 7.10. The first-order chi connectivity index (χ1) is 8.11. The van der Waals surface area contributed by atoms with E-state index in [1.54, 1.807) is 7.11 Å². The van der Waals surface area contributed by atoms with Gasteiger partial charge in [-0.25, -0.2) is 0 Å². The van der Waals surface area contributed by atoms with Crippen LogP contribution in [0.2, 0.25) is 0 Å². The normalized spacial score (nSPS) is 10.6. The molecule has 0 bridgehead atoms. The lowest BCUT2D eigenvalue weighted by Gasteiger charge is -2.05. The minimum atomic E-state index is 0.383. The summed E-state index contributed by atoms with van der Waals surface area (Å²) in [6, 6.07) is 8.05. The van der Waals surface area contributed by atoms with Gasteiger partial charge in [0.05, 0.1) is 7.11 Å². The number of hydrogen-bond acceptors (Lipinski definition) is 2. The second-order valence-corrected chi connectivity index (χ2v) is 4.84. The van der Waals surface area contributed by atoms with Gasteiger partial charge in [-0.3, -0.25) is 4.79 Å². The third-order valence-electron chi connectivity index (χ3n) is 2.72. The molecule has 2 nitrogen and oxygen atoms in total. The summed E-state index contributed by atoms with van der Waals surface area (Å²) in [5.74, 6) is 1.74. The lowest BCUT2D eigenvalue weighted by Crippen LogP contribution is -2.03. The quantitative estimate of drug-likeness (QED) is 0.720. The number of ketones is 1. The molecule has 0 atom stereocenters. The van der Waals surface area contributed by atoms with Crippen LogP contribution in [0, 0.1) is 5.92 Å². The molecule has 1 rings (SSSR count). The third kappa shape index (κ3) is 5.53. The molecule has 0 fully saturated rings. The second-order valence-electron chi connectivity index (χ2n) is 4.84. The van der Waals surface area contributed by atoms with E-state index >= 15 is 0 Å². The molecule has 2 heteroatoms. The summed E-state index contributed by atoms with van der Waals surface area (Å²) >= 11 is 0. The molecule has 0 N–H and O–H groups in total. The number of carbonyl (C=O) groups is 1. The molecule has 0 spiro atoms. The molecule has 0 saturated heterocycles. The monoisotopic (exact) mass is 234 g/mol. The van der Waals surface area contributed by atoms with Crippen molar-refractivity contribution in [2.45, 2.75) is 39.5 Å². The van der Waals surface area contributed by atoms with E-state index in [-0.39, 0.29) is 0 Å². The summed E-state index contributed by atoms with van der Waals surface area (Å²) in [4.78, 5) is 11.5. The Morgan fingerprint density at radius 3 is 2.41 bits per heavy atom. The fourth-order valence-electron chi connectivity index (χ4n) is 1.84. The lowest BCUT2D eigenvalue weighted by molar-refractivity contribution is -0.119. The van der Waals surface area contributed by atoms with Crippen molar-refractivity contribution in [2.24, 2.45) is 5.92 Å². The van der Waals surface area contributed by atoms with Gasteiger partial charge in [-0.15, -0.1) is 0 Å². The van der Waals surface area contributed by atoms with Crippen LogP contribution in [-0.2, 0) is 11.2 Å². The molecule has 0 aromatic heterocycles. The van der Waals surface area contributed by atoms with E-state index in [2.05, 4.69) is 26.0 Å². The van der Waals surface area contributed by atoms with Crippen molar-refractivity contribution in [1.29, 1.82) is 0 Å². The van der Waals surface area contributed by atoms with Crippen LogP contribution in [0.1, 0.15) is 38.7 Å². The number of methoxy groups -OCH3 is 1. The highest BCUT2D eigenvalue weighted by atomic mass is 16.5.